The number of ether oxygens (including phenoxy) is 2. The van der Waals surface area contributed by atoms with Crippen LogP contribution in [-0.2, 0) is 15.0 Å². The van der Waals surface area contributed by atoms with Crippen molar-refractivity contribution in [2.24, 2.45) is 0 Å². The SMILES string of the molecule is CSC(C)(C)c1nc(-c2ccc(C3(CO)CN3)cc2)nc2c1OC[C@]1(C)COC[C@@H](C)N21. The van der Waals surface area contributed by atoms with Gasteiger partial charge in [-0.15, -0.1) is 0 Å². The number of rotatable bonds is 5. The Morgan fingerprint density at radius 1 is 1.25 bits per heavy atom. The second-order valence-corrected chi connectivity index (χ2v) is 11.4. The van der Waals surface area contributed by atoms with Crippen LogP contribution in [0, 0.1) is 0 Å². The van der Waals surface area contributed by atoms with Gasteiger partial charge in [0.2, 0.25) is 0 Å². The second-order valence-electron chi connectivity index (χ2n) is 9.95. The maximum absolute atomic E-state index is 9.72. The van der Waals surface area contributed by atoms with Crippen molar-refractivity contribution in [3.63, 3.8) is 0 Å². The number of nitrogens with one attached hydrogen (secondary N) is 1. The van der Waals surface area contributed by atoms with Crippen LogP contribution in [0.1, 0.15) is 39.0 Å². The van der Waals surface area contributed by atoms with Crippen LogP contribution in [0.4, 0.5) is 5.82 Å². The van der Waals surface area contributed by atoms with Gasteiger partial charge in [-0.05, 0) is 39.5 Å². The molecule has 2 fully saturated rings. The smallest absolute Gasteiger partial charge is 0.184 e. The summed E-state index contributed by atoms with van der Waals surface area (Å²) in [4.78, 5) is 12.5. The van der Waals surface area contributed by atoms with Gasteiger partial charge >= 0.3 is 0 Å². The zero-order valence-electron chi connectivity index (χ0n) is 19.4. The summed E-state index contributed by atoms with van der Waals surface area (Å²) in [6.45, 7) is 11.4. The summed E-state index contributed by atoms with van der Waals surface area (Å²) < 4.78 is 12.0. The number of aromatic nitrogens is 2. The van der Waals surface area contributed by atoms with Crippen molar-refractivity contribution in [3.8, 4) is 17.1 Å². The van der Waals surface area contributed by atoms with Gasteiger partial charge in [0.15, 0.2) is 17.4 Å². The molecule has 8 heteroatoms. The van der Waals surface area contributed by atoms with Gasteiger partial charge in [0, 0.05) is 12.1 Å². The molecule has 0 aliphatic carbocycles. The number of aliphatic hydroxyl groups excluding tert-OH is 1. The van der Waals surface area contributed by atoms with E-state index in [0.717, 1.165) is 34.9 Å². The first-order chi connectivity index (χ1) is 15.2. The quantitative estimate of drug-likeness (QED) is 0.664. The number of fused-ring (bicyclic) bond motifs is 3. The van der Waals surface area contributed by atoms with E-state index in [9.17, 15) is 5.11 Å². The van der Waals surface area contributed by atoms with Gasteiger partial charge in [-0.1, -0.05) is 24.3 Å². The van der Waals surface area contributed by atoms with Crippen molar-refractivity contribution in [1.82, 2.24) is 15.3 Å². The third-order valence-electron chi connectivity index (χ3n) is 7.05. The van der Waals surface area contributed by atoms with E-state index in [2.05, 4.69) is 68.4 Å². The van der Waals surface area contributed by atoms with E-state index in [0.29, 0.717) is 25.6 Å². The highest BCUT2D eigenvalue weighted by molar-refractivity contribution is 7.99. The monoisotopic (exact) mass is 456 g/mol. The van der Waals surface area contributed by atoms with Crippen LogP contribution in [0.15, 0.2) is 24.3 Å². The number of anilines is 1. The van der Waals surface area contributed by atoms with Crippen LogP contribution < -0.4 is 15.0 Å². The predicted molar refractivity (Wildman–Crippen MR) is 127 cm³/mol. The Morgan fingerprint density at radius 3 is 2.59 bits per heavy atom. The third-order valence-corrected chi connectivity index (χ3v) is 8.26. The molecule has 0 bridgehead atoms. The summed E-state index contributed by atoms with van der Waals surface area (Å²) in [5.74, 6) is 2.34. The van der Waals surface area contributed by atoms with Gasteiger partial charge < -0.3 is 24.8 Å². The highest BCUT2D eigenvalue weighted by Gasteiger charge is 2.47. The fourth-order valence-electron chi connectivity index (χ4n) is 4.75. The summed E-state index contributed by atoms with van der Waals surface area (Å²) in [6.07, 6.45) is 2.10. The van der Waals surface area contributed by atoms with E-state index in [4.69, 9.17) is 19.4 Å². The fourth-order valence-corrected chi connectivity index (χ4v) is 5.08. The zero-order chi connectivity index (χ0) is 22.7. The average molecular weight is 457 g/mol. The molecule has 0 spiro atoms. The first kappa shape index (κ1) is 21.9. The summed E-state index contributed by atoms with van der Waals surface area (Å²) in [5.41, 5.74) is 2.41. The van der Waals surface area contributed by atoms with E-state index in [1.807, 2.05) is 0 Å². The number of morpholine rings is 1. The van der Waals surface area contributed by atoms with E-state index >= 15 is 0 Å². The van der Waals surface area contributed by atoms with E-state index in [-0.39, 0.29) is 28.5 Å². The van der Waals surface area contributed by atoms with Crippen molar-refractivity contribution in [2.75, 3.05) is 44.1 Å². The minimum Gasteiger partial charge on any atom is -0.485 e. The van der Waals surface area contributed by atoms with Crippen LogP contribution in [0.5, 0.6) is 5.75 Å². The summed E-state index contributed by atoms with van der Waals surface area (Å²) in [7, 11) is 0. The van der Waals surface area contributed by atoms with E-state index in [1.165, 1.54) is 0 Å². The molecule has 2 N–H and O–H groups in total. The summed E-state index contributed by atoms with van der Waals surface area (Å²) >= 11 is 1.75. The minimum absolute atomic E-state index is 0.0958. The molecule has 32 heavy (non-hydrogen) atoms. The number of benzene rings is 1. The Kier molecular flexibility index (Phi) is 5.20. The van der Waals surface area contributed by atoms with Crippen LogP contribution in [0.25, 0.3) is 11.4 Å². The number of hydrogen-bond donors (Lipinski definition) is 2. The molecule has 4 heterocycles. The lowest BCUT2D eigenvalue weighted by Crippen LogP contribution is -2.64. The van der Waals surface area contributed by atoms with Gasteiger partial charge in [-0.25, -0.2) is 9.97 Å². The van der Waals surface area contributed by atoms with Gasteiger partial charge in [0.05, 0.1) is 41.7 Å². The van der Waals surface area contributed by atoms with Crippen LogP contribution in [0.2, 0.25) is 0 Å². The van der Waals surface area contributed by atoms with Crippen molar-refractivity contribution >= 4 is 17.6 Å². The average Bonchev–Trinajstić information content (AvgIpc) is 3.59. The number of nitrogens with zero attached hydrogens (tertiary/aromatic N) is 3. The number of thioether (sulfide) groups is 1. The van der Waals surface area contributed by atoms with Crippen LogP contribution >= 0.6 is 11.8 Å². The molecular weight excluding hydrogens is 424 g/mol. The van der Waals surface area contributed by atoms with Crippen molar-refractivity contribution in [3.05, 3.63) is 35.5 Å². The Labute approximate surface area is 193 Å². The first-order valence-electron chi connectivity index (χ1n) is 11.2. The third kappa shape index (κ3) is 3.39. The molecule has 0 amide bonds. The molecule has 0 saturated carbocycles. The normalized spacial score (nSPS) is 29.2. The lowest BCUT2D eigenvalue weighted by molar-refractivity contribution is 0.00707. The molecule has 3 aliphatic rings. The molecule has 2 aromatic rings. The molecule has 7 nitrogen and oxygen atoms in total. The van der Waals surface area contributed by atoms with Crippen molar-refractivity contribution < 1.29 is 14.6 Å². The lowest BCUT2D eigenvalue weighted by atomic mass is 9.94. The van der Waals surface area contributed by atoms with Gasteiger partial charge in [-0.3, -0.25) is 0 Å². The Bertz CT molecular complexity index is 1020. The Morgan fingerprint density at radius 2 is 1.97 bits per heavy atom. The second kappa shape index (κ2) is 7.58. The molecule has 1 aromatic carbocycles. The molecule has 3 atom stereocenters. The summed E-state index contributed by atoms with van der Waals surface area (Å²) in [5, 5.41) is 13.0. The molecular formula is C24H32N4O3S. The molecule has 1 unspecified atom stereocenters. The maximum Gasteiger partial charge on any atom is 0.184 e. The molecule has 5 rings (SSSR count). The Balaban J connectivity index is 1.64. The molecule has 1 aromatic heterocycles. The van der Waals surface area contributed by atoms with Gasteiger partial charge in [0.1, 0.15) is 12.3 Å². The van der Waals surface area contributed by atoms with Crippen molar-refractivity contribution in [1.29, 1.82) is 0 Å². The standard InChI is InChI=1S/C24H32N4O3S/c1-15-10-30-13-23(4)14-31-18-19(22(2,3)32-5)26-20(27-21(18)28(15)23)16-6-8-17(9-7-16)24(12-29)11-25-24/h6-9,15,25,29H,10-14H2,1-5H3/t15-,23+,24?/m1/s1. The maximum atomic E-state index is 9.72. The number of hydrogen-bond acceptors (Lipinski definition) is 8. The lowest BCUT2D eigenvalue weighted by Gasteiger charge is -2.52. The topological polar surface area (TPSA) is 89.7 Å². The zero-order valence-corrected chi connectivity index (χ0v) is 20.3. The predicted octanol–water partition coefficient (Wildman–Crippen LogP) is 2.91. The molecule has 2 saturated heterocycles. The number of aliphatic hydroxyl groups is 1. The molecule has 0 radical (unpaired) electrons. The largest absolute Gasteiger partial charge is 0.485 e. The van der Waals surface area contributed by atoms with Crippen LogP contribution in [0.3, 0.4) is 0 Å². The first-order valence-corrected chi connectivity index (χ1v) is 12.4. The van der Waals surface area contributed by atoms with Crippen LogP contribution in [-0.4, -0.2) is 65.9 Å². The Hall–Kier alpha value is -1.87. The van der Waals surface area contributed by atoms with Gasteiger partial charge in [0.25, 0.3) is 0 Å². The summed E-state index contributed by atoms with van der Waals surface area (Å²) in [6, 6.07) is 8.42. The molecule has 3 aliphatic heterocycles. The minimum atomic E-state index is -0.292. The van der Waals surface area contributed by atoms with E-state index < -0.39 is 0 Å². The highest BCUT2D eigenvalue weighted by Crippen LogP contribution is 2.48. The molecule has 172 valence electrons. The fraction of sp³-hybridized carbons (Fsp3) is 0.583. The van der Waals surface area contributed by atoms with E-state index in [1.54, 1.807) is 11.8 Å². The highest BCUT2D eigenvalue weighted by atomic mass is 32.2. The van der Waals surface area contributed by atoms with Crippen molar-refractivity contribution in [2.45, 2.75) is 49.6 Å². The van der Waals surface area contributed by atoms with Gasteiger partial charge in [-0.2, -0.15) is 11.8 Å².